The molecule has 2 amide bonds. The molecule has 1 saturated heterocycles. The second-order valence-corrected chi connectivity index (χ2v) is 6.29. The summed E-state index contributed by atoms with van der Waals surface area (Å²) in [4.78, 5) is 29.5. The van der Waals surface area contributed by atoms with Gasteiger partial charge in [-0.3, -0.25) is 14.5 Å². The molecule has 1 atom stereocenters. The van der Waals surface area contributed by atoms with Gasteiger partial charge in [0.15, 0.2) is 0 Å². The van der Waals surface area contributed by atoms with Crippen molar-refractivity contribution in [2.45, 2.75) is 32.7 Å². The molecule has 1 fully saturated rings. The van der Waals surface area contributed by atoms with E-state index >= 15 is 0 Å². The molecule has 116 valence electrons. The summed E-state index contributed by atoms with van der Waals surface area (Å²) in [5.74, 6) is -0.368. The van der Waals surface area contributed by atoms with Crippen molar-refractivity contribution >= 4 is 23.2 Å². The third-order valence-electron chi connectivity index (χ3n) is 3.63. The number of thiazole rings is 1. The summed E-state index contributed by atoms with van der Waals surface area (Å²) in [5.41, 5.74) is 6.27. The first kappa shape index (κ1) is 15.9. The monoisotopic (exact) mass is 310 g/mol. The molecule has 6 nitrogen and oxygen atoms in total. The Hall–Kier alpha value is -1.47. The van der Waals surface area contributed by atoms with Gasteiger partial charge in [-0.15, -0.1) is 11.3 Å². The topological polar surface area (TPSA) is 88.3 Å². The Bertz CT molecular complexity index is 503. The molecule has 0 aromatic carbocycles. The number of likely N-dealkylation sites (tertiary alicyclic amines) is 1. The molecule has 21 heavy (non-hydrogen) atoms. The molecular weight excluding hydrogens is 288 g/mol. The number of piperidine rings is 1. The molecule has 0 bridgehead atoms. The molecule has 3 N–H and O–H groups in total. The summed E-state index contributed by atoms with van der Waals surface area (Å²) in [6.07, 6.45) is 2.69. The Morgan fingerprint density at radius 3 is 3.05 bits per heavy atom. The summed E-state index contributed by atoms with van der Waals surface area (Å²) in [5, 5.41) is 5.91. The van der Waals surface area contributed by atoms with Crippen LogP contribution in [0.3, 0.4) is 0 Å². The van der Waals surface area contributed by atoms with E-state index in [1.54, 1.807) is 11.3 Å². The summed E-state index contributed by atoms with van der Waals surface area (Å²) in [7, 11) is 0. The van der Waals surface area contributed by atoms with Crippen LogP contribution in [0.25, 0.3) is 0 Å². The van der Waals surface area contributed by atoms with Crippen molar-refractivity contribution in [2.24, 2.45) is 11.7 Å². The number of amides is 2. The second kappa shape index (κ2) is 7.51. The van der Waals surface area contributed by atoms with Gasteiger partial charge in [0, 0.05) is 11.9 Å². The Morgan fingerprint density at radius 1 is 1.57 bits per heavy atom. The quantitative estimate of drug-likeness (QED) is 0.802. The smallest absolute Gasteiger partial charge is 0.231 e. The zero-order chi connectivity index (χ0) is 15.2. The number of hydrogen-bond donors (Lipinski definition) is 2. The molecule has 1 aromatic rings. The van der Waals surface area contributed by atoms with Crippen LogP contribution in [0.2, 0.25) is 0 Å². The fourth-order valence-electron chi connectivity index (χ4n) is 2.53. The molecule has 2 rings (SSSR count). The number of aryl methyl sites for hydroxylation is 1. The van der Waals surface area contributed by atoms with Gasteiger partial charge in [0.25, 0.3) is 0 Å². The van der Waals surface area contributed by atoms with Gasteiger partial charge in [0.1, 0.15) is 5.01 Å². The fourth-order valence-corrected chi connectivity index (χ4v) is 3.35. The van der Waals surface area contributed by atoms with Crippen LogP contribution >= 0.6 is 11.3 Å². The Kier molecular flexibility index (Phi) is 5.69. The highest BCUT2D eigenvalue weighted by atomic mass is 32.1. The van der Waals surface area contributed by atoms with Crippen LogP contribution in [0.5, 0.6) is 0 Å². The predicted molar refractivity (Wildman–Crippen MR) is 81.7 cm³/mol. The van der Waals surface area contributed by atoms with E-state index in [9.17, 15) is 9.59 Å². The number of hydrogen-bond acceptors (Lipinski definition) is 5. The average molecular weight is 310 g/mol. The Balaban J connectivity index is 1.80. The standard InChI is InChI=1S/C14H22N4O2S/c1-2-11-9-21-13(17-11)6-16-14(20)10-4-3-5-18(7-10)8-12(15)19/h9-10H,2-8H2,1H3,(H2,15,19)(H,16,20). The SMILES string of the molecule is CCc1csc(CNC(=O)C2CCCN(CC(N)=O)C2)n1. The minimum atomic E-state index is -0.342. The molecule has 0 aliphatic carbocycles. The van der Waals surface area contributed by atoms with E-state index in [1.165, 1.54) is 0 Å². The van der Waals surface area contributed by atoms with Crippen molar-refractivity contribution in [3.63, 3.8) is 0 Å². The van der Waals surface area contributed by atoms with Gasteiger partial charge in [-0.2, -0.15) is 0 Å². The van der Waals surface area contributed by atoms with Crippen LogP contribution in [0.15, 0.2) is 5.38 Å². The summed E-state index contributed by atoms with van der Waals surface area (Å²) in [6.45, 7) is 4.21. The number of carbonyl (C=O) groups excluding carboxylic acids is 2. The van der Waals surface area contributed by atoms with Gasteiger partial charge < -0.3 is 11.1 Å². The zero-order valence-electron chi connectivity index (χ0n) is 12.3. The second-order valence-electron chi connectivity index (χ2n) is 5.34. The number of nitrogens with zero attached hydrogens (tertiary/aromatic N) is 2. The van der Waals surface area contributed by atoms with Crippen LogP contribution < -0.4 is 11.1 Å². The molecule has 0 radical (unpaired) electrons. The first-order chi connectivity index (χ1) is 10.1. The maximum absolute atomic E-state index is 12.2. The maximum Gasteiger partial charge on any atom is 0.231 e. The van der Waals surface area contributed by atoms with Gasteiger partial charge in [-0.05, 0) is 25.8 Å². The Morgan fingerprint density at radius 2 is 2.38 bits per heavy atom. The Labute approximate surface area is 128 Å². The molecular formula is C14H22N4O2S. The van der Waals surface area contributed by atoms with E-state index in [4.69, 9.17) is 5.73 Å². The van der Waals surface area contributed by atoms with Crippen LogP contribution in [0.1, 0.15) is 30.5 Å². The summed E-state index contributed by atoms with van der Waals surface area (Å²) >= 11 is 1.57. The van der Waals surface area contributed by atoms with Crippen LogP contribution in [-0.2, 0) is 22.6 Å². The minimum Gasteiger partial charge on any atom is -0.369 e. The van der Waals surface area contributed by atoms with Gasteiger partial charge in [-0.1, -0.05) is 6.92 Å². The van der Waals surface area contributed by atoms with E-state index in [0.29, 0.717) is 13.1 Å². The molecule has 0 spiro atoms. The lowest BCUT2D eigenvalue weighted by atomic mass is 9.97. The number of primary amides is 1. The first-order valence-corrected chi connectivity index (χ1v) is 8.18. The fraction of sp³-hybridized carbons (Fsp3) is 0.643. The van der Waals surface area contributed by atoms with Crippen molar-refractivity contribution in [3.8, 4) is 0 Å². The van der Waals surface area contributed by atoms with Gasteiger partial charge in [0.2, 0.25) is 11.8 Å². The third kappa shape index (κ3) is 4.78. The molecule has 0 saturated carbocycles. The maximum atomic E-state index is 12.2. The van der Waals surface area contributed by atoms with E-state index in [-0.39, 0.29) is 24.3 Å². The van der Waals surface area contributed by atoms with Crippen LogP contribution in [0, 0.1) is 5.92 Å². The number of carbonyl (C=O) groups is 2. The van der Waals surface area contributed by atoms with Crippen molar-refractivity contribution in [1.82, 2.24) is 15.2 Å². The molecule has 1 aromatic heterocycles. The first-order valence-electron chi connectivity index (χ1n) is 7.30. The van der Waals surface area contributed by atoms with E-state index < -0.39 is 0 Å². The highest BCUT2D eigenvalue weighted by molar-refractivity contribution is 7.09. The van der Waals surface area contributed by atoms with Gasteiger partial charge in [-0.25, -0.2) is 4.98 Å². The highest BCUT2D eigenvalue weighted by Gasteiger charge is 2.26. The predicted octanol–water partition coefficient (Wildman–Crippen LogP) is 0.519. The lowest BCUT2D eigenvalue weighted by Gasteiger charge is -2.30. The van der Waals surface area contributed by atoms with Crippen molar-refractivity contribution < 1.29 is 9.59 Å². The van der Waals surface area contributed by atoms with E-state index in [0.717, 1.165) is 36.5 Å². The lowest BCUT2D eigenvalue weighted by Crippen LogP contribution is -2.45. The molecule has 1 unspecified atom stereocenters. The minimum absolute atomic E-state index is 0.0393. The van der Waals surface area contributed by atoms with E-state index in [2.05, 4.69) is 17.2 Å². The van der Waals surface area contributed by atoms with Gasteiger partial charge in [0.05, 0.1) is 24.7 Å². The van der Waals surface area contributed by atoms with Crippen molar-refractivity contribution in [1.29, 1.82) is 0 Å². The zero-order valence-corrected chi connectivity index (χ0v) is 13.1. The third-order valence-corrected chi connectivity index (χ3v) is 4.53. The molecule has 2 heterocycles. The van der Waals surface area contributed by atoms with Crippen LogP contribution in [-0.4, -0.2) is 41.3 Å². The average Bonchev–Trinajstić information content (AvgIpc) is 2.92. The largest absolute Gasteiger partial charge is 0.369 e. The van der Waals surface area contributed by atoms with E-state index in [1.807, 2.05) is 10.3 Å². The van der Waals surface area contributed by atoms with Crippen molar-refractivity contribution in [3.05, 3.63) is 16.1 Å². The van der Waals surface area contributed by atoms with Crippen LogP contribution in [0.4, 0.5) is 0 Å². The summed E-state index contributed by atoms with van der Waals surface area (Å²) in [6, 6.07) is 0. The lowest BCUT2D eigenvalue weighted by molar-refractivity contribution is -0.128. The number of nitrogens with one attached hydrogen (secondary N) is 1. The van der Waals surface area contributed by atoms with Crippen molar-refractivity contribution in [2.75, 3.05) is 19.6 Å². The molecule has 1 aliphatic heterocycles. The highest BCUT2D eigenvalue weighted by Crippen LogP contribution is 2.17. The number of rotatable bonds is 6. The molecule has 7 heteroatoms. The molecule has 1 aliphatic rings. The number of aromatic nitrogens is 1. The number of nitrogens with two attached hydrogens (primary N) is 1. The summed E-state index contributed by atoms with van der Waals surface area (Å²) < 4.78 is 0. The van der Waals surface area contributed by atoms with Gasteiger partial charge >= 0.3 is 0 Å². The normalized spacial score (nSPS) is 19.4.